The minimum Gasteiger partial charge on any atom is -0.317 e. The van der Waals surface area contributed by atoms with E-state index < -0.39 is 5.92 Å². The van der Waals surface area contributed by atoms with Gasteiger partial charge in [-0.3, -0.25) is 0 Å². The van der Waals surface area contributed by atoms with Crippen LogP contribution in [-0.4, -0.2) is 19.0 Å². The smallest absolute Gasteiger partial charge is 0.248 e. The lowest BCUT2D eigenvalue weighted by Crippen LogP contribution is -2.27. The standard InChI is InChI=1S/C15H29F2N/c1-3-4-5-6-7-8-14(18-2)11-13-9-10-15(16,17)12-13/h13-14,18H,3-12H2,1-2H3. The van der Waals surface area contributed by atoms with Gasteiger partial charge in [0, 0.05) is 18.9 Å². The average molecular weight is 261 g/mol. The van der Waals surface area contributed by atoms with E-state index in [9.17, 15) is 8.78 Å². The molecule has 0 bridgehead atoms. The first-order chi connectivity index (χ1) is 8.57. The minimum atomic E-state index is -2.38. The zero-order chi connectivity index (χ0) is 13.4. The van der Waals surface area contributed by atoms with Gasteiger partial charge in [-0.25, -0.2) is 8.78 Å². The Kier molecular flexibility index (Phi) is 7.13. The third-order valence-electron chi connectivity index (χ3n) is 4.19. The van der Waals surface area contributed by atoms with Crippen molar-refractivity contribution in [2.24, 2.45) is 5.92 Å². The van der Waals surface area contributed by atoms with Crippen molar-refractivity contribution in [3.8, 4) is 0 Å². The topological polar surface area (TPSA) is 12.0 Å². The SMILES string of the molecule is CCCCCCCC(CC1CCC(F)(F)C1)NC. The molecule has 1 N–H and O–H groups in total. The summed E-state index contributed by atoms with van der Waals surface area (Å²) in [4.78, 5) is 0. The van der Waals surface area contributed by atoms with Gasteiger partial charge in [-0.2, -0.15) is 0 Å². The zero-order valence-electron chi connectivity index (χ0n) is 12.0. The molecule has 0 heterocycles. The third kappa shape index (κ3) is 6.12. The van der Waals surface area contributed by atoms with Gasteiger partial charge in [-0.1, -0.05) is 39.0 Å². The van der Waals surface area contributed by atoms with Crippen molar-refractivity contribution in [3.63, 3.8) is 0 Å². The lowest BCUT2D eigenvalue weighted by molar-refractivity contribution is 0.00431. The first-order valence-electron chi connectivity index (χ1n) is 7.62. The highest BCUT2D eigenvalue weighted by Crippen LogP contribution is 2.41. The van der Waals surface area contributed by atoms with Gasteiger partial charge in [0.2, 0.25) is 5.92 Å². The van der Waals surface area contributed by atoms with Crippen LogP contribution < -0.4 is 5.32 Å². The molecule has 0 aliphatic heterocycles. The molecule has 0 aromatic heterocycles. The molecule has 0 aromatic carbocycles. The van der Waals surface area contributed by atoms with Gasteiger partial charge in [-0.05, 0) is 32.2 Å². The van der Waals surface area contributed by atoms with Crippen molar-refractivity contribution >= 4 is 0 Å². The fourth-order valence-corrected chi connectivity index (χ4v) is 3.02. The second-order valence-electron chi connectivity index (χ2n) is 5.89. The molecule has 0 spiro atoms. The van der Waals surface area contributed by atoms with E-state index in [0.29, 0.717) is 12.5 Å². The Balaban J connectivity index is 2.13. The highest BCUT2D eigenvalue weighted by Gasteiger charge is 2.39. The van der Waals surface area contributed by atoms with E-state index in [4.69, 9.17) is 0 Å². The molecule has 0 radical (unpaired) electrons. The maximum atomic E-state index is 13.1. The summed E-state index contributed by atoms with van der Waals surface area (Å²) >= 11 is 0. The molecule has 0 saturated heterocycles. The molecule has 0 aromatic rings. The van der Waals surface area contributed by atoms with E-state index in [2.05, 4.69) is 12.2 Å². The fourth-order valence-electron chi connectivity index (χ4n) is 3.02. The first kappa shape index (κ1) is 15.9. The molecule has 18 heavy (non-hydrogen) atoms. The largest absolute Gasteiger partial charge is 0.317 e. The second kappa shape index (κ2) is 8.08. The molecule has 108 valence electrons. The minimum absolute atomic E-state index is 0.102. The predicted molar refractivity (Wildman–Crippen MR) is 73.1 cm³/mol. The van der Waals surface area contributed by atoms with Crippen LogP contribution in [0.3, 0.4) is 0 Å². The number of nitrogens with one attached hydrogen (secondary N) is 1. The molecule has 1 aliphatic rings. The molecule has 3 heteroatoms. The molecule has 2 unspecified atom stereocenters. The van der Waals surface area contributed by atoms with E-state index in [1.807, 2.05) is 7.05 Å². The summed E-state index contributed by atoms with van der Waals surface area (Å²) in [5.41, 5.74) is 0. The molecule has 2 atom stereocenters. The number of alkyl halides is 2. The van der Waals surface area contributed by atoms with Crippen LogP contribution in [0.15, 0.2) is 0 Å². The summed E-state index contributed by atoms with van der Waals surface area (Å²) in [5, 5.41) is 3.30. The number of hydrogen-bond acceptors (Lipinski definition) is 1. The molecule has 1 aliphatic carbocycles. The Labute approximate surface area is 111 Å². The average Bonchev–Trinajstić information content (AvgIpc) is 2.67. The van der Waals surface area contributed by atoms with Crippen LogP contribution in [0.4, 0.5) is 8.78 Å². The lowest BCUT2D eigenvalue weighted by atomic mass is 9.94. The summed E-state index contributed by atoms with van der Waals surface area (Å²) in [6, 6.07) is 0.436. The van der Waals surface area contributed by atoms with Crippen molar-refractivity contribution in [3.05, 3.63) is 0 Å². The van der Waals surface area contributed by atoms with Gasteiger partial charge in [0.05, 0.1) is 0 Å². The number of halogens is 2. The van der Waals surface area contributed by atoms with E-state index in [1.54, 1.807) is 0 Å². The first-order valence-corrected chi connectivity index (χ1v) is 7.62. The number of hydrogen-bond donors (Lipinski definition) is 1. The van der Waals surface area contributed by atoms with Crippen molar-refractivity contribution in [1.29, 1.82) is 0 Å². The van der Waals surface area contributed by atoms with Crippen LogP contribution in [0, 0.1) is 5.92 Å². The maximum absolute atomic E-state index is 13.1. The van der Waals surface area contributed by atoms with Gasteiger partial charge in [-0.15, -0.1) is 0 Å². The Morgan fingerprint density at radius 3 is 2.50 bits per heavy atom. The van der Waals surface area contributed by atoms with Gasteiger partial charge in [0.1, 0.15) is 0 Å². The van der Waals surface area contributed by atoms with Crippen molar-refractivity contribution in [1.82, 2.24) is 5.32 Å². The van der Waals surface area contributed by atoms with Crippen LogP contribution >= 0.6 is 0 Å². The second-order valence-corrected chi connectivity index (χ2v) is 5.89. The fraction of sp³-hybridized carbons (Fsp3) is 1.00. The highest BCUT2D eigenvalue weighted by atomic mass is 19.3. The maximum Gasteiger partial charge on any atom is 0.248 e. The lowest BCUT2D eigenvalue weighted by Gasteiger charge is -2.20. The number of unbranched alkanes of at least 4 members (excludes halogenated alkanes) is 4. The monoisotopic (exact) mass is 261 g/mol. The van der Waals surface area contributed by atoms with Crippen molar-refractivity contribution in [2.75, 3.05) is 7.05 Å². The summed E-state index contributed by atoms with van der Waals surface area (Å²) < 4.78 is 26.2. The molecule has 1 saturated carbocycles. The molecular formula is C15H29F2N. The van der Waals surface area contributed by atoms with E-state index in [0.717, 1.165) is 12.8 Å². The summed E-state index contributed by atoms with van der Waals surface area (Å²) in [6.45, 7) is 2.22. The Bertz CT molecular complexity index is 219. The normalized spacial score (nSPS) is 24.3. The van der Waals surface area contributed by atoms with Crippen LogP contribution in [0.2, 0.25) is 0 Å². The Morgan fingerprint density at radius 1 is 1.22 bits per heavy atom. The van der Waals surface area contributed by atoms with Crippen LogP contribution in [-0.2, 0) is 0 Å². The highest BCUT2D eigenvalue weighted by molar-refractivity contribution is 4.84. The van der Waals surface area contributed by atoms with Crippen LogP contribution in [0.1, 0.15) is 71.1 Å². The molecule has 0 amide bonds. The summed E-state index contributed by atoms with van der Waals surface area (Å²) in [6.07, 6.45) is 9.41. The zero-order valence-corrected chi connectivity index (χ0v) is 12.0. The van der Waals surface area contributed by atoms with Crippen LogP contribution in [0.25, 0.3) is 0 Å². The Hall–Kier alpha value is -0.180. The van der Waals surface area contributed by atoms with Crippen molar-refractivity contribution < 1.29 is 8.78 Å². The van der Waals surface area contributed by atoms with E-state index >= 15 is 0 Å². The molecule has 1 nitrogen and oxygen atoms in total. The third-order valence-corrected chi connectivity index (χ3v) is 4.19. The summed E-state index contributed by atoms with van der Waals surface area (Å²) in [7, 11) is 1.96. The molecule has 1 rings (SSSR count). The van der Waals surface area contributed by atoms with E-state index in [1.165, 1.54) is 32.1 Å². The van der Waals surface area contributed by atoms with Crippen LogP contribution in [0.5, 0.6) is 0 Å². The van der Waals surface area contributed by atoms with Gasteiger partial charge in [0.15, 0.2) is 0 Å². The number of rotatable bonds is 9. The van der Waals surface area contributed by atoms with Crippen molar-refractivity contribution in [2.45, 2.75) is 83.1 Å². The predicted octanol–water partition coefficient (Wildman–Crippen LogP) is 4.76. The Morgan fingerprint density at radius 2 is 1.94 bits per heavy atom. The van der Waals surface area contributed by atoms with E-state index in [-0.39, 0.29) is 18.8 Å². The van der Waals surface area contributed by atoms with Gasteiger partial charge < -0.3 is 5.32 Å². The molecule has 1 fully saturated rings. The quantitative estimate of drug-likeness (QED) is 0.590. The van der Waals surface area contributed by atoms with Gasteiger partial charge >= 0.3 is 0 Å². The molecular weight excluding hydrogens is 232 g/mol. The summed E-state index contributed by atoms with van der Waals surface area (Å²) in [5.74, 6) is -2.16. The van der Waals surface area contributed by atoms with Gasteiger partial charge in [0.25, 0.3) is 0 Å².